The van der Waals surface area contributed by atoms with Crippen LogP contribution in [-0.4, -0.2) is 15.8 Å². The van der Waals surface area contributed by atoms with Crippen molar-refractivity contribution in [3.05, 3.63) is 29.1 Å². The molecular weight excluding hydrogens is 208 g/mol. The molecule has 1 aliphatic carbocycles. The summed E-state index contributed by atoms with van der Waals surface area (Å²) in [4.78, 5) is 0. The van der Waals surface area contributed by atoms with Gasteiger partial charge in [0.1, 0.15) is 5.75 Å². The highest BCUT2D eigenvalue weighted by molar-refractivity contribution is 7.17. The van der Waals surface area contributed by atoms with Crippen molar-refractivity contribution in [3.63, 3.8) is 0 Å². The molecule has 0 amide bonds. The number of aliphatic hydroxyl groups is 1. The number of hydrogen-bond acceptors (Lipinski definition) is 3. The van der Waals surface area contributed by atoms with Gasteiger partial charge in [0.05, 0.1) is 5.60 Å². The normalized spacial score (nSPS) is 18.2. The summed E-state index contributed by atoms with van der Waals surface area (Å²) in [7, 11) is 0. The second kappa shape index (κ2) is 2.97. The van der Waals surface area contributed by atoms with E-state index >= 15 is 0 Å². The van der Waals surface area contributed by atoms with E-state index in [1.165, 1.54) is 0 Å². The van der Waals surface area contributed by atoms with Crippen molar-refractivity contribution in [2.75, 3.05) is 0 Å². The molecule has 0 unspecified atom stereocenters. The molecule has 0 radical (unpaired) electrons. The van der Waals surface area contributed by atoms with Gasteiger partial charge in [-0.3, -0.25) is 0 Å². The van der Waals surface area contributed by atoms with Gasteiger partial charge in [-0.25, -0.2) is 0 Å². The Morgan fingerprint density at radius 2 is 2.07 bits per heavy atom. The van der Waals surface area contributed by atoms with Crippen LogP contribution in [0.2, 0.25) is 0 Å². The summed E-state index contributed by atoms with van der Waals surface area (Å²) < 4.78 is 1.10. The van der Waals surface area contributed by atoms with E-state index in [9.17, 15) is 10.2 Å². The number of rotatable bonds is 2. The third kappa shape index (κ3) is 1.52. The number of phenols is 1. The monoisotopic (exact) mass is 220 g/mol. The summed E-state index contributed by atoms with van der Waals surface area (Å²) in [6.07, 6.45) is 2.28. The van der Waals surface area contributed by atoms with Crippen molar-refractivity contribution in [3.8, 4) is 5.75 Å². The molecule has 1 aliphatic rings. The maximum Gasteiger partial charge on any atom is 0.127 e. The van der Waals surface area contributed by atoms with E-state index < -0.39 is 5.60 Å². The molecule has 2 N–H and O–H groups in total. The lowest BCUT2D eigenvalue weighted by molar-refractivity contribution is 0.150. The molecule has 0 atom stereocenters. The molecule has 15 heavy (non-hydrogen) atoms. The standard InChI is InChI=1S/C12H12O2S/c13-11-8(7-12(14)4-5-12)1-2-10-9(11)3-6-15-10/h1-3,6,13-14H,4-5,7H2. The summed E-state index contributed by atoms with van der Waals surface area (Å²) in [6.45, 7) is 0. The highest BCUT2D eigenvalue weighted by Gasteiger charge is 2.40. The van der Waals surface area contributed by atoms with Crippen LogP contribution in [0.5, 0.6) is 5.75 Å². The lowest BCUT2D eigenvalue weighted by atomic mass is 10.0. The first-order valence-corrected chi connectivity index (χ1v) is 5.96. The van der Waals surface area contributed by atoms with E-state index in [0.29, 0.717) is 12.2 Å². The molecule has 0 spiro atoms. The van der Waals surface area contributed by atoms with Crippen molar-refractivity contribution in [1.29, 1.82) is 0 Å². The second-order valence-electron chi connectivity index (χ2n) is 4.31. The fraction of sp³-hybridized carbons (Fsp3) is 0.333. The van der Waals surface area contributed by atoms with Crippen molar-refractivity contribution < 1.29 is 10.2 Å². The van der Waals surface area contributed by atoms with Crippen LogP contribution in [-0.2, 0) is 6.42 Å². The first-order chi connectivity index (χ1) is 7.18. The largest absolute Gasteiger partial charge is 0.507 e. The molecule has 3 heteroatoms. The average molecular weight is 220 g/mol. The van der Waals surface area contributed by atoms with E-state index in [4.69, 9.17) is 0 Å². The number of phenolic OH excluding ortho intramolecular Hbond substituents is 1. The molecule has 1 heterocycles. The van der Waals surface area contributed by atoms with Crippen LogP contribution in [0.4, 0.5) is 0 Å². The lowest BCUT2D eigenvalue weighted by Gasteiger charge is -2.09. The number of fused-ring (bicyclic) bond motifs is 1. The van der Waals surface area contributed by atoms with Crippen molar-refractivity contribution in [2.45, 2.75) is 24.9 Å². The Hall–Kier alpha value is -1.06. The van der Waals surface area contributed by atoms with E-state index in [0.717, 1.165) is 28.5 Å². The zero-order valence-electron chi connectivity index (χ0n) is 8.23. The second-order valence-corrected chi connectivity index (χ2v) is 5.25. The summed E-state index contributed by atoms with van der Waals surface area (Å²) in [5.41, 5.74) is 0.321. The molecular formula is C12H12O2S. The van der Waals surface area contributed by atoms with Gasteiger partial charge in [-0.15, -0.1) is 11.3 Å². The summed E-state index contributed by atoms with van der Waals surface area (Å²) in [5.74, 6) is 0.342. The van der Waals surface area contributed by atoms with Crippen LogP contribution in [0, 0.1) is 0 Å². The summed E-state index contributed by atoms with van der Waals surface area (Å²) in [6, 6.07) is 5.86. The first-order valence-electron chi connectivity index (χ1n) is 5.08. The van der Waals surface area contributed by atoms with Gasteiger partial charge in [-0.2, -0.15) is 0 Å². The highest BCUT2D eigenvalue weighted by Crippen LogP contribution is 2.41. The lowest BCUT2D eigenvalue weighted by Crippen LogP contribution is -2.10. The van der Waals surface area contributed by atoms with Gasteiger partial charge in [-0.1, -0.05) is 6.07 Å². The predicted molar refractivity (Wildman–Crippen MR) is 61.4 cm³/mol. The SMILES string of the molecule is Oc1c(CC2(O)CC2)ccc2sccc12. The topological polar surface area (TPSA) is 40.5 Å². The Bertz CT molecular complexity index is 511. The predicted octanol–water partition coefficient (Wildman–Crippen LogP) is 2.67. The van der Waals surface area contributed by atoms with E-state index in [2.05, 4.69) is 0 Å². The molecule has 1 aromatic carbocycles. The maximum atomic E-state index is 10.0. The van der Waals surface area contributed by atoms with Crippen LogP contribution in [0.3, 0.4) is 0 Å². The van der Waals surface area contributed by atoms with Crippen molar-refractivity contribution >= 4 is 21.4 Å². The van der Waals surface area contributed by atoms with Gasteiger partial charge in [-0.05, 0) is 35.9 Å². The van der Waals surface area contributed by atoms with E-state index in [1.807, 2.05) is 23.6 Å². The Balaban J connectivity index is 2.06. The molecule has 1 fully saturated rings. The van der Waals surface area contributed by atoms with E-state index in [-0.39, 0.29) is 0 Å². The van der Waals surface area contributed by atoms with Crippen LogP contribution < -0.4 is 0 Å². The minimum atomic E-state index is -0.540. The van der Waals surface area contributed by atoms with Crippen LogP contribution >= 0.6 is 11.3 Å². The molecule has 3 rings (SSSR count). The third-order valence-corrected chi connectivity index (χ3v) is 3.92. The van der Waals surface area contributed by atoms with E-state index in [1.54, 1.807) is 11.3 Å². The molecule has 2 aromatic rings. The molecule has 2 nitrogen and oxygen atoms in total. The van der Waals surface area contributed by atoms with Gasteiger partial charge < -0.3 is 10.2 Å². The maximum absolute atomic E-state index is 10.0. The first kappa shape index (κ1) is 9.19. The van der Waals surface area contributed by atoms with Crippen molar-refractivity contribution in [2.24, 2.45) is 0 Å². The molecule has 0 aliphatic heterocycles. The van der Waals surface area contributed by atoms with Crippen LogP contribution in [0.15, 0.2) is 23.6 Å². The fourth-order valence-electron chi connectivity index (χ4n) is 1.89. The number of aromatic hydroxyl groups is 1. The minimum Gasteiger partial charge on any atom is -0.507 e. The Labute approximate surface area is 91.8 Å². The molecule has 1 aromatic heterocycles. The van der Waals surface area contributed by atoms with Crippen LogP contribution in [0.25, 0.3) is 10.1 Å². The Kier molecular flexibility index (Phi) is 1.82. The molecule has 78 valence electrons. The number of thiophene rings is 1. The van der Waals surface area contributed by atoms with Gasteiger partial charge in [0.2, 0.25) is 0 Å². The average Bonchev–Trinajstić information content (AvgIpc) is 2.78. The zero-order chi connectivity index (χ0) is 10.5. The number of hydrogen-bond donors (Lipinski definition) is 2. The summed E-state index contributed by atoms with van der Waals surface area (Å²) in [5, 5.41) is 22.7. The quantitative estimate of drug-likeness (QED) is 0.817. The van der Waals surface area contributed by atoms with Gasteiger partial charge in [0.25, 0.3) is 0 Å². The fourth-order valence-corrected chi connectivity index (χ4v) is 2.68. The smallest absolute Gasteiger partial charge is 0.127 e. The molecule has 1 saturated carbocycles. The molecule has 0 saturated heterocycles. The Morgan fingerprint density at radius 1 is 1.27 bits per heavy atom. The molecule has 0 bridgehead atoms. The third-order valence-electron chi connectivity index (χ3n) is 3.04. The Morgan fingerprint density at radius 3 is 2.80 bits per heavy atom. The number of benzene rings is 1. The zero-order valence-corrected chi connectivity index (χ0v) is 9.05. The highest BCUT2D eigenvalue weighted by atomic mass is 32.1. The van der Waals surface area contributed by atoms with Crippen molar-refractivity contribution in [1.82, 2.24) is 0 Å². The summed E-state index contributed by atoms with van der Waals surface area (Å²) >= 11 is 1.62. The minimum absolute atomic E-state index is 0.342. The van der Waals surface area contributed by atoms with Gasteiger partial charge in [0, 0.05) is 16.5 Å². The van der Waals surface area contributed by atoms with Gasteiger partial charge >= 0.3 is 0 Å². The van der Waals surface area contributed by atoms with Gasteiger partial charge in [0.15, 0.2) is 0 Å². The van der Waals surface area contributed by atoms with Crippen LogP contribution in [0.1, 0.15) is 18.4 Å².